The fourth-order valence-electron chi connectivity index (χ4n) is 1.75. The zero-order valence-corrected chi connectivity index (χ0v) is 13.4. The standard InChI is InChI=1S/C15H23Cl2N/c1-14(2,3)18-10-15(4,5)9-11-6-7-12(16)8-13(11)17/h6-8,18H,9-10H2,1-5H3. The molecule has 0 aliphatic rings. The number of nitrogens with one attached hydrogen (secondary N) is 1. The fraction of sp³-hybridized carbons (Fsp3) is 0.600. The maximum absolute atomic E-state index is 6.22. The third-order valence-electron chi connectivity index (χ3n) is 2.78. The molecule has 1 N–H and O–H groups in total. The first-order valence-electron chi connectivity index (χ1n) is 6.28. The van der Waals surface area contributed by atoms with Gasteiger partial charge in [0, 0.05) is 22.1 Å². The molecule has 0 saturated carbocycles. The predicted molar refractivity (Wildman–Crippen MR) is 81.7 cm³/mol. The van der Waals surface area contributed by atoms with Gasteiger partial charge >= 0.3 is 0 Å². The van der Waals surface area contributed by atoms with Gasteiger partial charge in [-0.05, 0) is 50.3 Å². The highest BCUT2D eigenvalue weighted by Gasteiger charge is 2.22. The van der Waals surface area contributed by atoms with E-state index >= 15 is 0 Å². The molecule has 0 spiro atoms. The number of hydrogen-bond acceptors (Lipinski definition) is 1. The Hall–Kier alpha value is -0.240. The van der Waals surface area contributed by atoms with E-state index < -0.39 is 0 Å². The molecule has 0 unspecified atom stereocenters. The summed E-state index contributed by atoms with van der Waals surface area (Å²) in [6.45, 7) is 12.0. The summed E-state index contributed by atoms with van der Waals surface area (Å²) in [7, 11) is 0. The molecule has 1 aromatic carbocycles. The molecule has 3 heteroatoms. The van der Waals surface area contributed by atoms with Gasteiger partial charge in [-0.25, -0.2) is 0 Å². The van der Waals surface area contributed by atoms with Crippen molar-refractivity contribution in [3.8, 4) is 0 Å². The van der Waals surface area contributed by atoms with Crippen LogP contribution in [-0.4, -0.2) is 12.1 Å². The van der Waals surface area contributed by atoms with Crippen LogP contribution in [0, 0.1) is 5.41 Å². The maximum Gasteiger partial charge on any atom is 0.0453 e. The molecular weight excluding hydrogens is 265 g/mol. The normalized spacial score (nSPS) is 12.8. The minimum absolute atomic E-state index is 0.140. The van der Waals surface area contributed by atoms with Gasteiger partial charge in [0.25, 0.3) is 0 Å². The van der Waals surface area contributed by atoms with Gasteiger partial charge < -0.3 is 5.32 Å². The number of rotatable bonds is 4. The van der Waals surface area contributed by atoms with Gasteiger partial charge in [-0.1, -0.05) is 43.1 Å². The van der Waals surface area contributed by atoms with Gasteiger partial charge in [0.05, 0.1) is 0 Å². The Labute approximate surface area is 121 Å². The minimum atomic E-state index is 0.140. The molecule has 0 aliphatic carbocycles. The van der Waals surface area contributed by atoms with Crippen LogP contribution in [0.3, 0.4) is 0 Å². The Morgan fingerprint density at radius 1 is 1.06 bits per heavy atom. The van der Waals surface area contributed by atoms with E-state index in [0.717, 1.165) is 23.6 Å². The number of hydrogen-bond donors (Lipinski definition) is 1. The molecule has 1 nitrogen and oxygen atoms in total. The molecule has 0 heterocycles. The first-order chi connectivity index (χ1) is 8.09. The van der Waals surface area contributed by atoms with E-state index in [1.165, 1.54) is 0 Å². The largest absolute Gasteiger partial charge is 0.312 e. The van der Waals surface area contributed by atoms with Gasteiger partial charge in [0.2, 0.25) is 0 Å². The van der Waals surface area contributed by atoms with Gasteiger partial charge in [0.15, 0.2) is 0 Å². The zero-order chi connectivity index (χ0) is 14.0. The van der Waals surface area contributed by atoms with Gasteiger partial charge in [-0.2, -0.15) is 0 Å². The Kier molecular flexibility index (Phi) is 5.11. The maximum atomic E-state index is 6.22. The molecule has 0 aromatic heterocycles. The summed E-state index contributed by atoms with van der Waals surface area (Å²) in [5.41, 5.74) is 1.45. The summed E-state index contributed by atoms with van der Waals surface area (Å²) in [5, 5.41) is 4.99. The second-order valence-corrected chi connectivity index (χ2v) is 7.52. The van der Waals surface area contributed by atoms with E-state index in [2.05, 4.69) is 39.9 Å². The third kappa shape index (κ3) is 5.60. The lowest BCUT2D eigenvalue weighted by Crippen LogP contribution is -2.42. The van der Waals surface area contributed by atoms with Crippen molar-refractivity contribution in [2.75, 3.05) is 6.54 Å². The third-order valence-corrected chi connectivity index (χ3v) is 3.37. The quantitative estimate of drug-likeness (QED) is 0.826. The molecule has 0 amide bonds. The molecule has 1 aromatic rings. The predicted octanol–water partition coefficient (Wildman–Crippen LogP) is 4.95. The smallest absolute Gasteiger partial charge is 0.0453 e. The van der Waals surface area contributed by atoms with Crippen LogP contribution in [0.4, 0.5) is 0 Å². The fourth-order valence-corrected chi connectivity index (χ4v) is 2.22. The van der Waals surface area contributed by atoms with Crippen molar-refractivity contribution in [3.63, 3.8) is 0 Å². The van der Waals surface area contributed by atoms with Crippen LogP contribution >= 0.6 is 23.2 Å². The van der Waals surface area contributed by atoms with Crippen molar-refractivity contribution >= 4 is 23.2 Å². The van der Waals surface area contributed by atoms with Crippen LogP contribution in [0.2, 0.25) is 10.0 Å². The summed E-state index contributed by atoms with van der Waals surface area (Å²) in [6.07, 6.45) is 0.937. The average molecular weight is 288 g/mol. The molecule has 18 heavy (non-hydrogen) atoms. The van der Waals surface area contributed by atoms with Crippen LogP contribution in [0.25, 0.3) is 0 Å². The number of halogens is 2. The van der Waals surface area contributed by atoms with Crippen LogP contribution in [-0.2, 0) is 6.42 Å². The summed E-state index contributed by atoms with van der Waals surface area (Å²) in [4.78, 5) is 0. The molecule has 0 radical (unpaired) electrons. The van der Waals surface area contributed by atoms with Crippen molar-refractivity contribution in [1.29, 1.82) is 0 Å². The highest BCUT2D eigenvalue weighted by atomic mass is 35.5. The lowest BCUT2D eigenvalue weighted by molar-refractivity contribution is 0.289. The Morgan fingerprint density at radius 2 is 1.67 bits per heavy atom. The second-order valence-electron chi connectivity index (χ2n) is 6.68. The highest BCUT2D eigenvalue weighted by Crippen LogP contribution is 2.28. The Morgan fingerprint density at radius 3 is 2.17 bits per heavy atom. The van der Waals surface area contributed by atoms with E-state index in [9.17, 15) is 0 Å². The molecule has 0 fully saturated rings. The van der Waals surface area contributed by atoms with Crippen LogP contribution in [0.15, 0.2) is 18.2 Å². The Balaban J connectivity index is 2.70. The zero-order valence-electron chi connectivity index (χ0n) is 11.9. The first kappa shape index (κ1) is 15.8. The van der Waals surface area contributed by atoms with Crippen molar-refractivity contribution in [1.82, 2.24) is 5.32 Å². The van der Waals surface area contributed by atoms with E-state index in [-0.39, 0.29) is 11.0 Å². The summed E-state index contributed by atoms with van der Waals surface area (Å²) in [5.74, 6) is 0. The van der Waals surface area contributed by atoms with E-state index in [1.54, 1.807) is 0 Å². The summed E-state index contributed by atoms with van der Waals surface area (Å²) < 4.78 is 0. The summed E-state index contributed by atoms with van der Waals surface area (Å²) in [6, 6.07) is 5.73. The van der Waals surface area contributed by atoms with Crippen molar-refractivity contribution in [3.05, 3.63) is 33.8 Å². The summed E-state index contributed by atoms with van der Waals surface area (Å²) >= 11 is 12.1. The van der Waals surface area contributed by atoms with Crippen molar-refractivity contribution in [2.24, 2.45) is 5.41 Å². The SMILES string of the molecule is CC(C)(CNC(C)(C)C)Cc1ccc(Cl)cc1Cl. The van der Waals surface area contributed by atoms with Crippen LogP contribution in [0.1, 0.15) is 40.2 Å². The van der Waals surface area contributed by atoms with Gasteiger partial charge in [-0.15, -0.1) is 0 Å². The first-order valence-corrected chi connectivity index (χ1v) is 7.04. The molecule has 0 saturated heterocycles. The average Bonchev–Trinajstić information content (AvgIpc) is 2.19. The second kappa shape index (κ2) is 5.81. The van der Waals surface area contributed by atoms with E-state index in [1.807, 2.05) is 18.2 Å². The van der Waals surface area contributed by atoms with Gasteiger partial charge in [-0.3, -0.25) is 0 Å². The molecule has 0 bridgehead atoms. The molecular formula is C15H23Cl2N. The minimum Gasteiger partial charge on any atom is -0.312 e. The van der Waals surface area contributed by atoms with Crippen molar-refractivity contribution < 1.29 is 0 Å². The molecule has 0 atom stereocenters. The molecule has 102 valence electrons. The highest BCUT2D eigenvalue weighted by molar-refractivity contribution is 6.35. The van der Waals surface area contributed by atoms with Gasteiger partial charge in [0.1, 0.15) is 0 Å². The van der Waals surface area contributed by atoms with Crippen LogP contribution in [0.5, 0.6) is 0 Å². The lowest BCUT2D eigenvalue weighted by atomic mass is 9.85. The molecule has 1 rings (SSSR count). The topological polar surface area (TPSA) is 12.0 Å². The van der Waals surface area contributed by atoms with E-state index in [0.29, 0.717) is 5.02 Å². The molecule has 0 aliphatic heterocycles. The number of benzene rings is 1. The lowest BCUT2D eigenvalue weighted by Gasteiger charge is -2.31. The monoisotopic (exact) mass is 287 g/mol. The Bertz CT molecular complexity index is 405. The van der Waals surface area contributed by atoms with E-state index in [4.69, 9.17) is 23.2 Å². The van der Waals surface area contributed by atoms with Crippen molar-refractivity contribution in [2.45, 2.75) is 46.6 Å². The van der Waals surface area contributed by atoms with Crippen LogP contribution < -0.4 is 5.32 Å².